The van der Waals surface area contributed by atoms with Crippen molar-refractivity contribution in [2.24, 2.45) is 0 Å². The summed E-state index contributed by atoms with van der Waals surface area (Å²) in [5, 5.41) is 11.0. The molecule has 0 aliphatic heterocycles. The molecule has 0 saturated carbocycles. The molecular weight excluding hydrogens is 250 g/mol. The van der Waals surface area contributed by atoms with Gasteiger partial charge in [0.15, 0.2) is 0 Å². The van der Waals surface area contributed by atoms with Gasteiger partial charge in [-0.3, -0.25) is 10.1 Å². The van der Waals surface area contributed by atoms with E-state index in [0.717, 1.165) is 12.1 Å². The highest BCUT2D eigenvalue weighted by Crippen LogP contribution is 2.26. The Hall–Kier alpha value is -2.08. The first kappa shape index (κ1) is 12.4. The molecule has 0 unspecified atom stereocenters. The largest absolute Gasteiger partial charge is 0.343 e. The molecule has 0 amide bonds. The van der Waals surface area contributed by atoms with Crippen LogP contribution in [0.2, 0.25) is 0 Å². The van der Waals surface area contributed by atoms with Crippen LogP contribution in [-0.2, 0) is 6.42 Å². The molecule has 0 spiro atoms. The third-order valence-corrected chi connectivity index (χ3v) is 2.74. The van der Waals surface area contributed by atoms with Crippen LogP contribution in [0, 0.1) is 14.8 Å². The SMILES string of the molecule is CCc1cc(=S)nc(-c2ccccc2[N+](=O)[O-])[nH]1. The van der Waals surface area contributed by atoms with Crippen LogP contribution in [0.4, 0.5) is 5.69 Å². The topological polar surface area (TPSA) is 71.8 Å². The molecule has 18 heavy (non-hydrogen) atoms. The van der Waals surface area contributed by atoms with Gasteiger partial charge < -0.3 is 4.98 Å². The van der Waals surface area contributed by atoms with E-state index in [0.29, 0.717) is 16.0 Å². The fourth-order valence-corrected chi connectivity index (χ4v) is 1.89. The lowest BCUT2D eigenvalue weighted by atomic mass is 10.1. The maximum Gasteiger partial charge on any atom is 0.280 e. The predicted molar refractivity (Wildman–Crippen MR) is 70.9 cm³/mol. The smallest absolute Gasteiger partial charge is 0.280 e. The number of rotatable bonds is 3. The Morgan fingerprint density at radius 3 is 2.83 bits per heavy atom. The summed E-state index contributed by atoms with van der Waals surface area (Å²) in [6.45, 7) is 1.98. The van der Waals surface area contributed by atoms with Crippen molar-refractivity contribution < 1.29 is 4.92 Å². The van der Waals surface area contributed by atoms with Crippen LogP contribution < -0.4 is 0 Å². The monoisotopic (exact) mass is 261 g/mol. The molecule has 0 fully saturated rings. The van der Waals surface area contributed by atoms with Gasteiger partial charge in [0.2, 0.25) is 0 Å². The van der Waals surface area contributed by atoms with Crippen LogP contribution in [0.3, 0.4) is 0 Å². The van der Waals surface area contributed by atoms with Crippen molar-refractivity contribution in [3.63, 3.8) is 0 Å². The molecule has 0 radical (unpaired) electrons. The molecule has 1 aromatic heterocycles. The number of nitrogens with one attached hydrogen (secondary N) is 1. The molecular formula is C12H11N3O2S. The van der Waals surface area contributed by atoms with E-state index in [1.54, 1.807) is 24.3 Å². The van der Waals surface area contributed by atoms with Crippen molar-refractivity contribution in [2.75, 3.05) is 0 Å². The number of para-hydroxylation sites is 1. The zero-order chi connectivity index (χ0) is 13.1. The number of nitro benzene ring substituents is 1. The maximum atomic E-state index is 11.0. The van der Waals surface area contributed by atoms with Gasteiger partial charge in [-0.2, -0.15) is 0 Å². The normalized spacial score (nSPS) is 10.3. The highest BCUT2D eigenvalue weighted by Gasteiger charge is 2.15. The molecule has 0 saturated heterocycles. The fraction of sp³-hybridized carbons (Fsp3) is 0.167. The van der Waals surface area contributed by atoms with E-state index in [2.05, 4.69) is 9.97 Å². The van der Waals surface area contributed by atoms with Gasteiger partial charge in [-0.1, -0.05) is 31.3 Å². The van der Waals surface area contributed by atoms with Crippen LogP contribution >= 0.6 is 12.2 Å². The van der Waals surface area contributed by atoms with Gasteiger partial charge in [-0.25, -0.2) is 4.98 Å². The van der Waals surface area contributed by atoms with Crippen LogP contribution in [0.5, 0.6) is 0 Å². The molecule has 1 N–H and O–H groups in total. The predicted octanol–water partition coefficient (Wildman–Crippen LogP) is 3.28. The Labute approximate surface area is 109 Å². The Kier molecular flexibility index (Phi) is 3.47. The van der Waals surface area contributed by atoms with Crippen molar-refractivity contribution in [2.45, 2.75) is 13.3 Å². The average molecular weight is 261 g/mol. The number of nitro groups is 1. The Morgan fingerprint density at radius 2 is 2.17 bits per heavy atom. The molecule has 2 rings (SSSR count). The van der Waals surface area contributed by atoms with Gasteiger partial charge in [-0.15, -0.1) is 0 Å². The van der Waals surface area contributed by atoms with Crippen molar-refractivity contribution in [1.29, 1.82) is 0 Å². The lowest BCUT2D eigenvalue weighted by molar-refractivity contribution is -0.384. The van der Waals surface area contributed by atoms with E-state index in [1.165, 1.54) is 6.07 Å². The minimum absolute atomic E-state index is 0.0175. The summed E-state index contributed by atoms with van der Waals surface area (Å²) in [5.41, 5.74) is 1.37. The maximum absolute atomic E-state index is 11.0. The van der Waals surface area contributed by atoms with Crippen LogP contribution in [-0.4, -0.2) is 14.9 Å². The van der Waals surface area contributed by atoms with Gasteiger partial charge in [0.1, 0.15) is 10.5 Å². The standard InChI is InChI=1S/C12H11N3O2S/c1-2-8-7-11(18)14-12(13-8)9-5-3-4-6-10(9)15(16)17/h3-7H,2H2,1H3,(H,13,14,18). The summed E-state index contributed by atoms with van der Waals surface area (Å²) in [4.78, 5) is 17.8. The number of hydrogen-bond donors (Lipinski definition) is 1. The van der Waals surface area contributed by atoms with Crippen molar-refractivity contribution in [3.05, 3.63) is 50.8 Å². The van der Waals surface area contributed by atoms with E-state index in [9.17, 15) is 10.1 Å². The van der Waals surface area contributed by atoms with Crippen molar-refractivity contribution in [3.8, 4) is 11.4 Å². The highest BCUT2D eigenvalue weighted by atomic mass is 32.1. The molecule has 0 aliphatic carbocycles. The van der Waals surface area contributed by atoms with Gasteiger partial charge in [-0.05, 0) is 18.6 Å². The third-order valence-electron chi connectivity index (χ3n) is 2.54. The number of benzene rings is 1. The average Bonchev–Trinajstić information content (AvgIpc) is 2.38. The second-order valence-corrected chi connectivity index (χ2v) is 4.14. The van der Waals surface area contributed by atoms with Gasteiger partial charge in [0.05, 0.1) is 10.5 Å². The van der Waals surface area contributed by atoms with Crippen molar-refractivity contribution >= 4 is 17.9 Å². The van der Waals surface area contributed by atoms with Crippen LogP contribution in [0.15, 0.2) is 30.3 Å². The molecule has 1 aromatic carbocycles. The quantitative estimate of drug-likeness (QED) is 0.523. The molecule has 2 aromatic rings. The second kappa shape index (κ2) is 5.05. The van der Waals surface area contributed by atoms with E-state index >= 15 is 0 Å². The number of nitrogens with zero attached hydrogens (tertiary/aromatic N) is 2. The van der Waals surface area contributed by atoms with Gasteiger partial charge in [0, 0.05) is 11.8 Å². The van der Waals surface area contributed by atoms with E-state index in [1.807, 2.05) is 6.92 Å². The zero-order valence-corrected chi connectivity index (χ0v) is 10.5. The number of hydrogen-bond acceptors (Lipinski definition) is 4. The number of aromatic amines is 1. The van der Waals surface area contributed by atoms with Crippen molar-refractivity contribution in [1.82, 2.24) is 9.97 Å². The molecule has 0 bridgehead atoms. The molecule has 6 heteroatoms. The minimum atomic E-state index is -0.424. The van der Waals surface area contributed by atoms with Gasteiger partial charge >= 0.3 is 0 Å². The van der Waals surface area contributed by atoms with E-state index in [-0.39, 0.29) is 5.69 Å². The molecule has 0 aliphatic rings. The summed E-state index contributed by atoms with van der Waals surface area (Å²) in [6.07, 6.45) is 0.764. The molecule has 5 nitrogen and oxygen atoms in total. The minimum Gasteiger partial charge on any atom is -0.343 e. The zero-order valence-electron chi connectivity index (χ0n) is 9.71. The third kappa shape index (κ3) is 2.43. The molecule has 0 atom stereocenters. The Morgan fingerprint density at radius 1 is 1.44 bits per heavy atom. The Bertz CT molecular complexity index is 652. The Balaban J connectivity index is 2.65. The van der Waals surface area contributed by atoms with E-state index < -0.39 is 4.92 Å². The van der Waals surface area contributed by atoms with Gasteiger partial charge in [0.25, 0.3) is 5.69 Å². The number of H-pyrrole nitrogens is 1. The summed E-state index contributed by atoms with van der Waals surface area (Å²) < 4.78 is 0.429. The first-order valence-electron chi connectivity index (χ1n) is 5.46. The lowest BCUT2D eigenvalue weighted by Crippen LogP contribution is -1.98. The highest BCUT2D eigenvalue weighted by molar-refractivity contribution is 7.71. The second-order valence-electron chi connectivity index (χ2n) is 3.72. The lowest BCUT2D eigenvalue weighted by Gasteiger charge is -2.04. The molecule has 1 heterocycles. The summed E-state index contributed by atoms with van der Waals surface area (Å²) in [7, 11) is 0. The van der Waals surface area contributed by atoms with E-state index in [4.69, 9.17) is 12.2 Å². The summed E-state index contributed by atoms with van der Waals surface area (Å²) >= 11 is 5.06. The van der Waals surface area contributed by atoms with Crippen LogP contribution in [0.1, 0.15) is 12.6 Å². The summed E-state index contributed by atoms with van der Waals surface area (Å²) in [5.74, 6) is 0.437. The number of aryl methyl sites for hydroxylation is 1. The first-order valence-corrected chi connectivity index (χ1v) is 5.86. The first-order chi connectivity index (χ1) is 8.61. The van der Waals surface area contributed by atoms with Crippen LogP contribution in [0.25, 0.3) is 11.4 Å². The fourth-order valence-electron chi connectivity index (χ4n) is 1.66. The molecule has 92 valence electrons. The summed E-state index contributed by atoms with van der Waals surface area (Å²) in [6, 6.07) is 8.23. The number of aromatic nitrogens is 2.